The first-order valence-electron chi connectivity index (χ1n) is 7.04. The van der Waals surface area contributed by atoms with Crippen molar-refractivity contribution in [2.24, 2.45) is 0 Å². The lowest BCUT2D eigenvalue weighted by Crippen LogP contribution is -2.06. The molecule has 0 bridgehead atoms. The lowest BCUT2D eigenvalue weighted by molar-refractivity contribution is 0.387. The molecule has 106 valence electrons. The van der Waals surface area contributed by atoms with E-state index in [1.165, 1.54) is 45.3 Å². The first-order chi connectivity index (χ1) is 9.78. The molecule has 5 heteroatoms. The van der Waals surface area contributed by atoms with Gasteiger partial charge in [-0.15, -0.1) is 0 Å². The number of hydrogen-bond acceptors (Lipinski definition) is 3. The number of H-pyrrole nitrogens is 1. The van der Waals surface area contributed by atoms with Gasteiger partial charge in [-0.1, -0.05) is 19.3 Å². The largest absolute Gasteiger partial charge is 0.494 e. The second kappa shape index (κ2) is 5.61. The number of rotatable bonds is 3. The zero-order valence-corrected chi connectivity index (χ0v) is 11.5. The molecular weight excluding hydrogens is 257 g/mol. The van der Waals surface area contributed by atoms with E-state index in [1.807, 2.05) is 0 Å². The maximum absolute atomic E-state index is 13.4. The van der Waals surface area contributed by atoms with Crippen molar-refractivity contribution >= 4 is 0 Å². The summed E-state index contributed by atoms with van der Waals surface area (Å²) >= 11 is 0. The van der Waals surface area contributed by atoms with Crippen LogP contribution in [0, 0.1) is 5.82 Å². The number of halogens is 1. The Balaban J connectivity index is 1.85. The number of hydrogen-bond donors (Lipinski definition) is 1. The van der Waals surface area contributed by atoms with Crippen molar-refractivity contribution in [2.75, 3.05) is 7.11 Å². The number of nitrogens with one attached hydrogen (secondary N) is 1. The summed E-state index contributed by atoms with van der Waals surface area (Å²) in [5.74, 6) is 1.87. The van der Waals surface area contributed by atoms with Crippen molar-refractivity contribution in [1.82, 2.24) is 15.2 Å². The Hall–Kier alpha value is -1.91. The molecule has 1 aliphatic rings. The van der Waals surface area contributed by atoms with Gasteiger partial charge in [0.15, 0.2) is 17.4 Å². The van der Waals surface area contributed by atoms with E-state index < -0.39 is 0 Å². The van der Waals surface area contributed by atoms with Crippen LogP contribution in [0.3, 0.4) is 0 Å². The third kappa shape index (κ3) is 2.53. The van der Waals surface area contributed by atoms with E-state index in [2.05, 4.69) is 15.2 Å². The van der Waals surface area contributed by atoms with Gasteiger partial charge in [-0.25, -0.2) is 9.37 Å². The number of nitrogens with zero attached hydrogens (tertiary/aromatic N) is 2. The summed E-state index contributed by atoms with van der Waals surface area (Å²) in [6.45, 7) is 0. The number of benzene rings is 1. The normalized spacial score (nSPS) is 16.3. The molecule has 1 N–H and O–H groups in total. The molecule has 20 heavy (non-hydrogen) atoms. The van der Waals surface area contributed by atoms with Crippen molar-refractivity contribution in [2.45, 2.75) is 38.0 Å². The summed E-state index contributed by atoms with van der Waals surface area (Å²) < 4.78 is 18.4. The van der Waals surface area contributed by atoms with Crippen LogP contribution >= 0.6 is 0 Å². The number of methoxy groups -OCH3 is 1. The third-order valence-electron chi connectivity index (χ3n) is 3.90. The highest BCUT2D eigenvalue weighted by Gasteiger charge is 2.19. The van der Waals surface area contributed by atoms with Gasteiger partial charge in [0.05, 0.1) is 7.11 Å². The van der Waals surface area contributed by atoms with Crippen molar-refractivity contribution in [3.8, 4) is 17.1 Å². The SMILES string of the molecule is COc1cc(-c2n[nH]c(C3CCCCC3)n2)ccc1F. The third-order valence-corrected chi connectivity index (χ3v) is 3.90. The van der Waals surface area contributed by atoms with Gasteiger partial charge in [-0.05, 0) is 31.0 Å². The fourth-order valence-corrected chi connectivity index (χ4v) is 2.76. The molecule has 0 aliphatic heterocycles. The molecule has 1 aliphatic carbocycles. The van der Waals surface area contributed by atoms with Crippen LogP contribution in [0.5, 0.6) is 5.75 Å². The van der Waals surface area contributed by atoms with Crippen molar-refractivity contribution in [3.05, 3.63) is 29.8 Å². The molecule has 1 fully saturated rings. The van der Waals surface area contributed by atoms with Gasteiger partial charge in [0.2, 0.25) is 0 Å². The summed E-state index contributed by atoms with van der Waals surface area (Å²) in [5, 5.41) is 7.28. The molecule has 1 saturated carbocycles. The highest BCUT2D eigenvalue weighted by molar-refractivity contribution is 5.57. The van der Waals surface area contributed by atoms with Gasteiger partial charge in [0, 0.05) is 11.5 Å². The summed E-state index contributed by atoms with van der Waals surface area (Å²) in [6.07, 6.45) is 6.16. The Morgan fingerprint density at radius 3 is 2.80 bits per heavy atom. The maximum Gasteiger partial charge on any atom is 0.181 e. The molecule has 1 heterocycles. The molecule has 2 aromatic rings. The van der Waals surface area contributed by atoms with Crippen LogP contribution in [0.25, 0.3) is 11.4 Å². The minimum absolute atomic E-state index is 0.214. The first kappa shape index (κ1) is 13.1. The van der Waals surface area contributed by atoms with Crippen LogP contribution in [0.1, 0.15) is 43.8 Å². The quantitative estimate of drug-likeness (QED) is 0.929. The Morgan fingerprint density at radius 1 is 1.25 bits per heavy atom. The zero-order valence-electron chi connectivity index (χ0n) is 11.5. The summed E-state index contributed by atoms with van der Waals surface area (Å²) in [4.78, 5) is 4.56. The van der Waals surface area contributed by atoms with Gasteiger partial charge >= 0.3 is 0 Å². The van der Waals surface area contributed by atoms with Crippen LogP contribution in [0.4, 0.5) is 4.39 Å². The maximum atomic E-state index is 13.4. The van der Waals surface area contributed by atoms with Crippen molar-refractivity contribution in [1.29, 1.82) is 0 Å². The van der Waals surface area contributed by atoms with E-state index in [1.54, 1.807) is 12.1 Å². The standard InChI is InChI=1S/C15H18FN3O/c1-20-13-9-11(7-8-12(13)16)15-17-14(18-19-15)10-5-3-2-4-6-10/h7-10H,2-6H2,1H3,(H,17,18,19). The number of aromatic nitrogens is 3. The monoisotopic (exact) mass is 275 g/mol. The van der Waals surface area contributed by atoms with E-state index in [9.17, 15) is 4.39 Å². The van der Waals surface area contributed by atoms with E-state index >= 15 is 0 Å². The Morgan fingerprint density at radius 2 is 2.05 bits per heavy atom. The lowest BCUT2D eigenvalue weighted by Gasteiger charge is -2.18. The Kier molecular flexibility index (Phi) is 3.67. The van der Waals surface area contributed by atoms with Crippen LogP contribution < -0.4 is 4.74 Å². The molecule has 0 unspecified atom stereocenters. The summed E-state index contributed by atoms with van der Waals surface area (Å²) in [5.41, 5.74) is 0.765. The molecule has 0 atom stereocenters. The molecule has 0 radical (unpaired) electrons. The molecule has 4 nitrogen and oxygen atoms in total. The zero-order chi connectivity index (χ0) is 13.9. The van der Waals surface area contributed by atoms with Gasteiger partial charge < -0.3 is 4.74 Å². The second-order valence-electron chi connectivity index (χ2n) is 5.23. The van der Waals surface area contributed by atoms with Crippen LogP contribution in [0.15, 0.2) is 18.2 Å². The minimum atomic E-state index is -0.376. The summed E-state index contributed by atoms with van der Waals surface area (Å²) in [6, 6.07) is 4.68. The van der Waals surface area contributed by atoms with Gasteiger partial charge in [-0.2, -0.15) is 5.10 Å². The van der Waals surface area contributed by atoms with Crippen LogP contribution in [-0.2, 0) is 0 Å². The predicted molar refractivity (Wildman–Crippen MR) is 74.2 cm³/mol. The predicted octanol–water partition coefficient (Wildman–Crippen LogP) is 3.67. The first-order valence-corrected chi connectivity index (χ1v) is 7.04. The molecule has 0 amide bonds. The van der Waals surface area contributed by atoms with Crippen molar-refractivity contribution < 1.29 is 9.13 Å². The van der Waals surface area contributed by atoms with E-state index in [-0.39, 0.29) is 11.6 Å². The summed E-state index contributed by atoms with van der Waals surface area (Å²) in [7, 11) is 1.45. The van der Waals surface area contributed by atoms with E-state index in [0.717, 1.165) is 11.4 Å². The van der Waals surface area contributed by atoms with Crippen LogP contribution in [-0.4, -0.2) is 22.3 Å². The average molecular weight is 275 g/mol. The van der Waals surface area contributed by atoms with Gasteiger partial charge in [0.25, 0.3) is 0 Å². The smallest absolute Gasteiger partial charge is 0.181 e. The molecular formula is C15H18FN3O. The topological polar surface area (TPSA) is 50.8 Å². The highest BCUT2D eigenvalue weighted by Crippen LogP contribution is 2.32. The fourth-order valence-electron chi connectivity index (χ4n) is 2.76. The van der Waals surface area contributed by atoms with Crippen LogP contribution in [0.2, 0.25) is 0 Å². The molecule has 3 rings (SSSR count). The number of aromatic amines is 1. The molecule has 1 aromatic heterocycles. The Labute approximate surface area is 117 Å². The number of ether oxygens (including phenoxy) is 1. The molecule has 1 aromatic carbocycles. The van der Waals surface area contributed by atoms with E-state index in [4.69, 9.17) is 4.74 Å². The lowest BCUT2D eigenvalue weighted by atomic mass is 9.89. The fraction of sp³-hybridized carbons (Fsp3) is 0.467. The average Bonchev–Trinajstić information content (AvgIpc) is 2.98. The van der Waals surface area contributed by atoms with Gasteiger partial charge in [-0.3, -0.25) is 5.10 Å². The second-order valence-corrected chi connectivity index (χ2v) is 5.23. The highest BCUT2D eigenvalue weighted by atomic mass is 19.1. The van der Waals surface area contributed by atoms with E-state index in [0.29, 0.717) is 11.7 Å². The molecule has 0 saturated heterocycles. The molecule has 0 spiro atoms. The Bertz CT molecular complexity index is 591. The van der Waals surface area contributed by atoms with Crippen molar-refractivity contribution in [3.63, 3.8) is 0 Å². The van der Waals surface area contributed by atoms with Gasteiger partial charge in [0.1, 0.15) is 5.82 Å². The minimum Gasteiger partial charge on any atom is -0.494 e.